The Bertz CT molecular complexity index is 1020. The number of ether oxygens (including phenoxy) is 2. The van der Waals surface area contributed by atoms with Crippen LogP contribution in [-0.4, -0.2) is 17.7 Å². The monoisotopic (exact) mass is 419 g/mol. The summed E-state index contributed by atoms with van der Waals surface area (Å²) in [5, 5.41) is 8.99. The summed E-state index contributed by atoms with van der Waals surface area (Å²) < 4.78 is 11.7. The van der Waals surface area contributed by atoms with Gasteiger partial charge < -0.3 is 14.6 Å². The number of hydrogen-bond acceptors (Lipinski definition) is 5. The molecule has 0 spiro atoms. The van der Waals surface area contributed by atoms with Gasteiger partial charge in [-0.05, 0) is 48.4 Å². The number of rotatable bonds is 11. The van der Waals surface area contributed by atoms with Crippen molar-refractivity contribution in [3.05, 3.63) is 96.3 Å². The molecule has 31 heavy (non-hydrogen) atoms. The summed E-state index contributed by atoms with van der Waals surface area (Å²) in [6.07, 6.45) is 2.33. The molecule has 0 saturated carbocycles. The van der Waals surface area contributed by atoms with Gasteiger partial charge in [0.15, 0.2) is 0 Å². The summed E-state index contributed by atoms with van der Waals surface area (Å²) >= 11 is 0. The van der Waals surface area contributed by atoms with Crippen LogP contribution in [0, 0.1) is 0 Å². The highest BCUT2D eigenvalue weighted by Gasteiger charge is 2.07. The van der Waals surface area contributed by atoms with Crippen LogP contribution in [0.2, 0.25) is 0 Å². The van der Waals surface area contributed by atoms with E-state index in [9.17, 15) is 4.79 Å². The second kappa shape index (κ2) is 11.4. The van der Waals surface area contributed by atoms with Gasteiger partial charge in [-0.2, -0.15) is 0 Å². The molecule has 0 aliphatic rings. The maximum atomic E-state index is 10.9. The molecule has 0 radical (unpaired) electrons. The Labute approximate surface area is 181 Å². The van der Waals surface area contributed by atoms with Crippen LogP contribution in [0.5, 0.6) is 17.2 Å². The van der Waals surface area contributed by atoms with Gasteiger partial charge in [0.2, 0.25) is 0 Å². The number of benzene rings is 3. The van der Waals surface area contributed by atoms with Crippen LogP contribution in [0.4, 0.5) is 0 Å². The minimum atomic E-state index is -0.891. The highest BCUT2D eigenvalue weighted by molar-refractivity contribution is 5.70. The van der Waals surface area contributed by atoms with Crippen molar-refractivity contribution in [1.29, 1.82) is 0 Å². The zero-order chi connectivity index (χ0) is 21.9. The Morgan fingerprint density at radius 1 is 0.935 bits per heavy atom. The molecule has 0 aliphatic carbocycles. The summed E-state index contributed by atoms with van der Waals surface area (Å²) in [6, 6.07) is 24.1. The van der Waals surface area contributed by atoms with Gasteiger partial charge in [-0.1, -0.05) is 49.4 Å². The first kappa shape index (κ1) is 21.9. The van der Waals surface area contributed by atoms with E-state index < -0.39 is 5.97 Å². The van der Waals surface area contributed by atoms with Gasteiger partial charge in [-0.3, -0.25) is 15.1 Å². The topological polar surface area (TPSA) is 77.0 Å². The fourth-order valence-corrected chi connectivity index (χ4v) is 2.76. The molecule has 2 N–H and O–H groups in total. The Kier molecular flexibility index (Phi) is 8.08. The van der Waals surface area contributed by atoms with Gasteiger partial charge in [0, 0.05) is 5.56 Å². The van der Waals surface area contributed by atoms with Crippen LogP contribution in [0.1, 0.15) is 24.5 Å². The molecule has 6 nitrogen and oxygen atoms in total. The molecule has 0 amide bonds. The van der Waals surface area contributed by atoms with Gasteiger partial charge in [0.1, 0.15) is 29.2 Å². The van der Waals surface area contributed by atoms with E-state index in [1.807, 2.05) is 61.5 Å². The number of para-hydroxylation sites is 1. The van der Waals surface area contributed by atoms with E-state index in [1.54, 1.807) is 24.3 Å². The first-order chi connectivity index (χ1) is 15.1. The van der Waals surface area contributed by atoms with Crippen LogP contribution >= 0.6 is 0 Å². The fraction of sp³-hybridized carbons (Fsp3) is 0.160. The first-order valence-corrected chi connectivity index (χ1v) is 10.0. The average molecular weight is 419 g/mol. The lowest BCUT2D eigenvalue weighted by Gasteiger charge is -2.13. The van der Waals surface area contributed by atoms with Crippen LogP contribution < -0.4 is 15.0 Å². The third-order valence-corrected chi connectivity index (χ3v) is 4.18. The standard InChI is InChI=1S/C25H25NO5/c1-2-14-30-26-24(18-29-22-12-6-8-19(15-22)16-25(27)28)20-9-7-13-23(17-20)31-21-10-4-3-5-11-21/h3-13,15,17-18,26H,2,14,16H2,1H3,(H,27,28). The van der Waals surface area contributed by atoms with Crippen molar-refractivity contribution in [2.24, 2.45) is 0 Å². The van der Waals surface area contributed by atoms with Crippen molar-refractivity contribution in [3.8, 4) is 17.2 Å². The molecule has 0 aromatic heterocycles. The van der Waals surface area contributed by atoms with Crippen molar-refractivity contribution < 1.29 is 24.2 Å². The van der Waals surface area contributed by atoms with Crippen LogP contribution in [-0.2, 0) is 16.1 Å². The van der Waals surface area contributed by atoms with E-state index in [0.29, 0.717) is 29.4 Å². The molecule has 6 heteroatoms. The maximum Gasteiger partial charge on any atom is 0.307 e. The average Bonchev–Trinajstić information content (AvgIpc) is 2.77. The van der Waals surface area contributed by atoms with E-state index in [1.165, 1.54) is 6.26 Å². The zero-order valence-electron chi connectivity index (χ0n) is 17.3. The van der Waals surface area contributed by atoms with Gasteiger partial charge in [-0.25, -0.2) is 0 Å². The summed E-state index contributed by atoms with van der Waals surface area (Å²) in [5.74, 6) is 1.06. The van der Waals surface area contributed by atoms with Crippen LogP contribution in [0.3, 0.4) is 0 Å². The lowest BCUT2D eigenvalue weighted by Crippen LogP contribution is -2.14. The summed E-state index contributed by atoms with van der Waals surface area (Å²) in [5.41, 5.74) is 5.01. The number of hydroxylamine groups is 1. The molecule has 0 bridgehead atoms. The Morgan fingerprint density at radius 2 is 1.68 bits per heavy atom. The SMILES string of the molecule is CCCONC(=COc1cccc(CC(=O)O)c1)c1cccc(Oc2ccccc2)c1. The molecule has 0 unspecified atom stereocenters. The molecular formula is C25H25NO5. The molecule has 0 aliphatic heterocycles. The fourth-order valence-electron chi connectivity index (χ4n) is 2.76. The molecule has 3 aromatic carbocycles. The van der Waals surface area contributed by atoms with E-state index >= 15 is 0 Å². The van der Waals surface area contributed by atoms with E-state index in [0.717, 1.165) is 17.7 Å². The first-order valence-electron chi connectivity index (χ1n) is 10.0. The minimum Gasteiger partial charge on any atom is -0.481 e. The molecule has 3 rings (SSSR count). The van der Waals surface area contributed by atoms with Crippen molar-refractivity contribution in [3.63, 3.8) is 0 Å². The predicted molar refractivity (Wildman–Crippen MR) is 119 cm³/mol. The van der Waals surface area contributed by atoms with Crippen molar-refractivity contribution in [1.82, 2.24) is 5.48 Å². The summed E-state index contributed by atoms with van der Waals surface area (Å²) in [4.78, 5) is 16.5. The van der Waals surface area contributed by atoms with Crippen LogP contribution in [0.25, 0.3) is 5.70 Å². The molecule has 0 saturated heterocycles. The van der Waals surface area contributed by atoms with Gasteiger partial charge in [0.05, 0.1) is 13.0 Å². The maximum absolute atomic E-state index is 10.9. The smallest absolute Gasteiger partial charge is 0.307 e. The number of carboxylic acid groups (broad SMARTS) is 1. The Balaban J connectivity index is 1.80. The predicted octanol–water partition coefficient (Wildman–Crippen LogP) is 5.41. The van der Waals surface area contributed by atoms with Crippen molar-refractivity contribution >= 4 is 11.7 Å². The molecule has 3 aromatic rings. The number of aliphatic carboxylic acids is 1. The Hall–Kier alpha value is -3.77. The highest BCUT2D eigenvalue weighted by atomic mass is 16.6. The van der Waals surface area contributed by atoms with E-state index in [4.69, 9.17) is 19.4 Å². The number of carbonyl (C=O) groups is 1. The molecule has 160 valence electrons. The van der Waals surface area contributed by atoms with Crippen molar-refractivity contribution in [2.45, 2.75) is 19.8 Å². The quantitative estimate of drug-likeness (QED) is 0.246. The second-order valence-electron chi connectivity index (χ2n) is 6.76. The van der Waals surface area contributed by atoms with Crippen molar-refractivity contribution in [2.75, 3.05) is 6.61 Å². The number of carboxylic acids is 1. The minimum absolute atomic E-state index is 0.0650. The molecule has 0 heterocycles. The molecule has 0 fully saturated rings. The second-order valence-corrected chi connectivity index (χ2v) is 6.76. The molecular weight excluding hydrogens is 394 g/mol. The van der Waals surface area contributed by atoms with E-state index in [2.05, 4.69) is 5.48 Å². The third kappa shape index (κ3) is 7.21. The molecule has 0 atom stereocenters. The van der Waals surface area contributed by atoms with Gasteiger partial charge in [-0.15, -0.1) is 0 Å². The van der Waals surface area contributed by atoms with E-state index in [-0.39, 0.29) is 6.42 Å². The number of nitrogens with one attached hydrogen (secondary N) is 1. The number of hydrogen-bond donors (Lipinski definition) is 2. The normalized spacial score (nSPS) is 11.1. The summed E-state index contributed by atoms with van der Waals surface area (Å²) in [6.45, 7) is 2.55. The largest absolute Gasteiger partial charge is 0.481 e. The highest BCUT2D eigenvalue weighted by Crippen LogP contribution is 2.25. The third-order valence-electron chi connectivity index (χ3n) is 4.18. The van der Waals surface area contributed by atoms with Gasteiger partial charge in [0.25, 0.3) is 0 Å². The Morgan fingerprint density at radius 3 is 2.45 bits per heavy atom. The van der Waals surface area contributed by atoms with Crippen LogP contribution in [0.15, 0.2) is 85.1 Å². The zero-order valence-corrected chi connectivity index (χ0v) is 17.3. The lowest BCUT2D eigenvalue weighted by molar-refractivity contribution is -0.136. The van der Waals surface area contributed by atoms with Gasteiger partial charge >= 0.3 is 5.97 Å². The lowest BCUT2D eigenvalue weighted by atomic mass is 10.1. The summed E-state index contributed by atoms with van der Waals surface area (Å²) in [7, 11) is 0.